The lowest BCUT2D eigenvalue weighted by molar-refractivity contribution is -0.255. The normalized spacial score (nSPS) is 18.7. The standard InChI is InChI=1S/C11H12F2N2O2/c12-11(13)4-7(5-11)15-6-9-8(10(16)17)2-1-3-14-9/h1-3,7,15H,4-6H2,(H,16,17)/p-1. The Balaban J connectivity index is 1.93. The van der Waals surface area contributed by atoms with Crippen LogP contribution in [-0.4, -0.2) is 22.9 Å². The lowest BCUT2D eigenvalue weighted by Crippen LogP contribution is -2.48. The van der Waals surface area contributed by atoms with Crippen LogP contribution in [-0.2, 0) is 6.54 Å². The third-order valence-corrected chi connectivity index (χ3v) is 2.76. The summed E-state index contributed by atoms with van der Waals surface area (Å²) in [4.78, 5) is 14.6. The molecule has 17 heavy (non-hydrogen) atoms. The fourth-order valence-corrected chi connectivity index (χ4v) is 1.81. The highest BCUT2D eigenvalue weighted by Gasteiger charge is 2.44. The maximum atomic E-state index is 12.6. The van der Waals surface area contributed by atoms with Gasteiger partial charge in [0.05, 0.1) is 11.7 Å². The second-order valence-electron chi connectivity index (χ2n) is 4.13. The molecule has 1 N–H and O–H groups in total. The molecule has 1 aromatic rings. The van der Waals surface area contributed by atoms with E-state index in [0.29, 0.717) is 5.69 Å². The number of nitrogens with one attached hydrogen (secondary N) is 1. The first-order valence-corrected chi connectivity index (χ1v) is 5.24. The number of nitrogens with zero attached hydrogens (tertiary/aromatic N) is 1. The van der Waals surface area contributed by atoms with Gasteiger partial charge in [0.15, 0.2) is 0 Å². The van der Waals surface area contributed by atoms with Crippen LogP contribution in [0.15, 0.2) is 18.3 Å². The molecule has 1 fully saturated rings. The molecular weight excluding hydrogens is 230 g/mol. The predicted molar refractivity (Wildman–Crippen MR) is 53.4 cm³/mol. The number of pyridine rings is 1. The second kappa shape index (κ2) is 4.37. The average molecular weight is 241 g/mol. The van der Waals surface area contributed by atoms with Crippen LogP contribution in [0.1, 0.15) is 28.9 Å². The van der Waals surface area contributed by atoms with Crippen molar-refractivity contribution < 1.29 is 18.7 Å². The van der Waals surface area contributed by atoms with E-state index < -0.39 is 11.9 Å². The van der Waals surface area contributed by atoms with Gasteiger partial charge in [-0.25, -0.2) is 8.78 Å². The molecule has 0 aliphatic heterocycles. The minimum Gasteiger partial charge on any atom is -0.545 e. The van der Waals surface area contributed by atoms with Gasteiger partial charge >= 0.3 is 0 Å². The Morgan fingerprint density at radius 3 is 2.88 bits per heavy atom. The number of aromatic carboxylic acids is 1. The number of aromatic nitrogens is 1. The van der Waals surface area contributed by atoms with E-state index in [4.69, 9.17) is 0 Å². The molecule has 1 aromatic heterocycles. The quantitative estimate of drug-likeness (QED) is 0.825. The van der Waals surface area contributed by atoms with Gasteiger partial charge in [-0.3, -0.25) is 4.98 Å². The third-order valence-electron chi connectivity index (χ3n) is 2.76. The fourth-order valence-electron chi connectivity index (χ4n) is 1.81. The van der Waals surface area contributed by atoms with Crippen LogP contribution in [0.2, 0.25) is 0 Å². The second-order valence-corrected chi connectivity index (χ2v) is 4.13. The van der Waals surface area contributed by atoms with Crippen molar-refractivity contribution in [2.24, 2.45) is 0 Å². The summed E-state index contributed by atoms with van der Waals surface area (Å²) >= 11 is 0. The summed E-state index contributed by atoms with van der Waals surface area (Å²) in [5.41, 5.74) is 0.300. The Hall–Kier alpha value is -1.56. The van der Waals surface area contributed by atoms with E-state index in [1.807, 2.05) is 0 Å². The molecule has 0 bridgehead atoms. The highest BCUT2D eigenvalue weighted by Crippen LogP contribution is 2.37. The number of hydrogen-bond donors (Lipinski definition) is 1. The van der Waals surface area contributed by atoms with Crippen LogP contribution in [0, 0.1) is 0 Å². The molecule has 0 radical (unpaired) electrons. The Labute approximate surface area is 96.7 Å². The van der Waals surface area contributed by atoms with Crippen molar-refractivity contribution in [2.75, 3.05) is 0 Å². The third kappa shape index (κ3) is 2.76. The molecule has 0 aromatic carbocycles. The Bertz CT molecular complexity index is 429. The van der Waals surface area contributed by atoms with Crippen molar-refractivity contribution in [3.8, 4) is 0 Å². The van der Waals surface area contributed by atoms with Gasteiger partial charge in [0.25, 0.3) is 5.92 Å². The summed E-state index contributed by atoms with van der Waals surface area (Å²) in [5, 5.41) is 13.6. The van der Waals surface area contributed by atoms with Gasteiger partial charge in [-0.15, -0.1) is 0 Å². The van der Waals surface area contributed by atoms with Crippen molar-refractivity contribution in [2.45, 2.75) is 31.4 Å². The Morgan fingerprint density at radius 2 is 2.29 bits per heavy atom. The van der Waals surface area contributed by atoms with Gasteiger partial charge in [-0.05, 0) is 12.1 Å². The first-order valence-electron chi connectivity index (χ1n) is 5.24. The molecule has 0 amide bonds. The molecular formula is C11H11F2N2O2-. The zero-order chi connectivity index (χ0) is 12.5. The molecule has 0 saturated heterocycles. The highest BCUT2D eigenvalue weighted by molar-refractivity contribution is 5.86. The molecule has 1 heterocycles. The van der Waals surface area contributed by atoms with Crippen LogP contribution >= 0.6 is 0 Å². The van der Waals surface area contributed by atoms with Gasteiger partial charge < -0.3 is 15.2 Å². The predicted octanol–water partition coefficient (Wildman–Crippen LogP) is 0.332. The number of rotatable bonds is 4. The lowest BCUT2D eigenvalue weighted by atomic mass is 9.88. The molecule has 1 aliphatic rings. The smallest absolute Gasteiger partial charge is 0.251 e. The van der Waals surface area contributed by atoms with Crippen LogP contribution in [0.4, 0.5) is 8.78 Å². The number of alkyl halides is 2. The summed E-state index contributed by atoms with van der Waals surface area (Å²) in [6, 6.07) is 2.60. The van der Waals surface area contributed by atoms with Gasteiger partial charge in [-0.1, -0.05) is 0 Å². The minimum atomic E-state index is -2.58. The Kier molecular flexibility index (Phi) is 3.06. The molecule has 4 nitrogen and oxygen atoms in total. The molecule has 0 unspecified atom stereocenters. The number of carbonyl (C=O) groups excluding carboxylic acids is 1. The molecule has 1 saturated carbocycles. The van der Waals surface area contributed by atoms with E-state index in [-0.39, 0.29) is 31.0 Å². The van der Waals surface area contributed by atoms with E-state index in [1.165, 1.54) is 18.3 Å². The van der Waals surface area contributed by atoms with E-state index in [1.54, 1.807) is 0 Å². The van der Waals surface area contributed by atoms with E-state index in [9.17, 15) is 18.7 Å². The Morgan fingerprint density at radius 1 is 1.59 bits per heavy atom. The summed E-state index contributed by atoms with van der Waals surface area (Å²) < 4.78 is 25.1. The largest absolute Gasteiger partial charge is 0.545 e. The van der Waals surface area contributed by atoms with Gasteiger partial charge in [0.1, 0.15) is 0 Å². The van der Waals surface area contributed by atoms with Crippen LogP contribution < -0.4 is 10.4 Å². The van der Waals surface area contributed by atoms with Crippen molar-refractivity contribution in [1.29, 1.82) is 0 Å². The monoisotopic (exact) mass is 241 g/mol. The molecule has 2 rings (SSSR count). The van der Waals surface area contributed by atoms with Crippen molar-refractivity contribution in [3.05, 3.63) is 29.6 Å². The maximum absolute atomic E-state index is 12.6. The molecule has 0 atom stereocenters. The van der Waals surface area contributed by atoms with Crippen molar-refractivity contribution in [1.82, 2.24) is 10.3 Å². The van der Waals surface area contributed by atoms with E-state index in [2.05, 4.69) is 10.3 Å². The van der Waals surface area contributed by atoms with Gasteiger partial charge in [0, 0.05) is 37.2 Å². The molecule has 6 heteroatoms. The summed E-state index contributed by atoms with van der Waals surface area (Å²) in [6.07, 6.45) is 1.04. The molecule has 92 valence electrons. The zero-order valence-electron chi connectivity index (χ0n) is 8.95. The lowest BCUT2D eigenvalue weighted by Gasteiger charge is -2.35. The number of halogens is 2. The van der Waals surface area contributed by atoms with Crippen LogP contribution in [0.25, 0.3) is 0 Å². The number of carboxylic acids is 1. The first-order chi connectivity index (χ1) is 7.98. The number of carbonyl (C=O) groups is 1. The SMILES string of the molecule is O=C([O-])c1cccnc1CNC1CC(F)(F)C1. The topological polar surface area (TPSA) is 65.0 Å². The average Bonchev–Trinajstić information content (AvgIpc) is 2.23. The number of carboxylic acid groups (broad SMARTS) is 1. The highest BCUT2D eigenvalue weighted by atomic mass is 19.3. The van der Waals surface area contributed by atoms with Gasteiger partial charge in [-0.2, -0.15) is 0 Å². The molecule has 0 spiro atoms. The van der Waals surface area contributed by atoms with Crippen LogP contribution in [0.3, 0.4) is 0 Å². The fraction of sp³-hybridized carbons (Fsp3) is 0.455. The zero-order valence-corrected chi connectivity index (χ0v) is 8.95. The number of hydrogen-bond acceptors (Lipinski definition) is 4. The van der Waals surface area contributed by atoms with Gasteiger partial charge in [0.2, 0.25) is 0 Å². The van der Waals surface area contributed by atoms with Crippen LogP contribution in [0.5, 0.6) is 0 Å². The molecule has 1 aliphatic carbocycles. The summed E-state index contributed by atoms with van der Waals surface area (Å²) in [7, 11) is 0. The van der Waals surface area contributed by atoms with Crippen molar-refractivity contribution in [3.63, 3.8) is 0 Å². The maximum Gasteiger partial charge on any atom is 0.251 e. The van der Waals surface area contributed by atoms with Crippen molar-refractivity contribution >= 4 is 5.97 Å². The minimum absolute atomic E-state index is 0.00826. The first kappa shape index (κ1) is 11.9. The van der Waals surface area contributed by atoms with E-state index >= 15 is 0 Å². The summed E-state index contributed by atoms with van der Waals surface area (Å²) in [6.45, 7) is 0.158. The van der Waals surface area contributed by atoms with E-state index in [0.717, 1.165) is 0 Å². The summed E-state index contributed by atoms with van der Waals surface area (Å²) in [5.74, 6) is -3.90.